The molecule has 0 radical (unpaired) electrons. The molecule has 3 N–H and O–H groups in total. The summed E-state index contributed by atoms with van der Waals surface area (Å²) in [5.74, 6) is 7.27. The smallest absolute Gasteiger partial charge is 0.233 e. The number of furan rings is 1. The van der Waals surface area contributed by atoms with Gasteiger partial charge in [0.15, 0.2) is 5.76 Å². The molecule has 1 amide bonds. The van der Waals surface area contributed by atoms with Crippen LogP contribution in [0.3, 0.4) is 0 Å². The fourth-order valence-corrected chi connectivity index (χ4v) is 2.39. The van der Waals surface area contributed by atoms with E-state index in [4.69, 9.17) is 10.3 Å². The number of carbonyl (C=O) groups excluding carboxylic acids is 1. The summed E-state index contributed by atoms with van der Waals surface area (Å²) < 4.78 is 6.57. The lowest BCUT2D eigenvalue weighted by molar-refractivity contribution is -0.120. The van der Waals surface area contributed by atoms with Gasteiger partial charge < -0.3 is 15.6 Å². The Hall–Kier alpha value is -1.96. The van der Waals surface area contributed by atoms with Crippen LogP contribution in [0.25, 0.3) is 11.6 Å². The van der Waals surface area contributed by atoms with Crippen molar-refractivity contribution in [3.05, 3.63) is 18.4 Å². The number of aromatic nitrogens is 3. The van der Waals surface area contributed by atoms with Gasteiger partial charge in [0.25, 0.3) is 0 Å². The molecule has 2 rings (SSSR count). The maximum Gasteiger partial charge on any atom is 0.233 e. The number of nitrogen functional groups attached to an aromatic ring is 1. The minimum Gasteiger partial charge on any atom is -0.461 e. The van der Waals surface area contributed by atoms with Crippen LogP contribution < -0.4 is 11.2 Å². The number of amides is 1. The molecule has 2 aromatic heterocycles. The zero-order valence-electron chi connectivity index (χ0n) is 12.2. The summed E-state index contributed by atoms with van der Waals surface area (Å²) in [4.78, 5) is 11.9. The fourth-order valence-electron chi connectivity index (χ4n) is 1.59. The lowest BCUT2D eigenvalue weighted by Gasteiger charge is -2.12. The van der Waals surface area contributed by atoms with E-state index in [2.05, 4.69) is 15.5 Å². The average Bonchev–Trinajstić information content (AvgIpc) is 3.07. The largest absolute Gasteiger partial charge is 0.461 e. The van der Waals surface area contributed by atoms with Crippen LogP contribution in [0, 0.1) is 5.92 Å². The van der Waals surface area contributed by atoms with Gasteiger partial charge in [0.05, 0.1) is 11.5 Å². The van der Waals surface area contributed by atoms with Gasteiger partial charge in [-0.2, -0.15) is 0 Å². The Kier molecular flexibility index (Phi) is 4.89. The van der Waals surface area contributed by atoms with Crippen molar-refractivity contribution < 1.29 is 9.21 Å². The molecule has 0 spiro atoms. The molecule has 21 heavy (non-hydrogen) atoms. The van der Waals surface area contributed by atoms with Gasteiger partial charge in [-0.1, -0.05) is 25.6 Å². The Labute approximate surface area is 127 Å². The first-order chi connectivity index (χ1) is 9.99. The van der Waals surface area contributed by atoms with Crippen molar-refractivity contribution in [1.82, 2.24) is 20.2 Å². The molecule has 8 heteroatoms. The predicted octanol–water partition coefficient (Wildman–Crippen LogP) is 1.50. The van der Waals surface area contributed by atoms with Crippen LogP contribution in [-0.4, -0.2) is 32.6 Å². The first-order valence-corrected chi connectivity index (χ1v) is 7.55. The number of nitrogens with one attached hydrogen (secondary N) is 1. The highest BCUT2D eigenvalue weighted by molar-refractivity contribution is 8.00. The summed E-state index contributed by atoms with van der Waals surface area (Å²) in [6.45, 7) is 6.55. The van der Waals surface area contributed by atoms with E-state index in [1.807, 2.05) is 20.8 Å². The maximum absolute atomic E-state index is 11.9. The third-order valence-electron chi connectivity index (χ3n) is 2.74. The second-order valence-corrected chi connectivity index (χ2v) is 6.36. The van der Waals surface area contributed by atoms with Gasteiger partial charge in [0.1, 0.15) is 0 Å². The molecule has 0 aliphatic heterocycles. The van der Waals surface area contributed by atoms with Crippen LogP contribution in [0.4, 0.5) is 0 Å². The van der Waals surface area contributed by atoms with E-state index in [1.54, 1.807) is 18.4 Å². The van der Waals surface area contributed by atoms with E-state index in [-0.39, 0.29) is 11.2 Å². The number of thioether (sulfide) groups is 1. The van der Waals surface area contributed by atoms with Crippen molar-refractivity contribution in [1.29, 1.82) is 0 Å². The Morgan fingerprint density at radius 3 is 2.86 bits per heavy atom. The third kappa shape index (κ3) is 3.78. The molecule has 1 unspecified atom stereocenters. The molecular formula is C13H19N5O2S. The first-order valence-electron chi connectivity index (χ1n) is 6.67. The molecule has 0 aliphatic carbocycles. The second kappa shape index (κ2) is 6.66. The summed E-state index contributed by atoms with van der Waals surface area (Å²) >= 11 is 1.26. The third-order valence-corrected chi connectivity index (χ3v) is 3.80. The molecule has 0 saturated carbocycles. The Balaban J connectivity index is 2.02. The van der Waals surface area contributed by atoms with Crippen LogP contribution >= 0.6 is 11.8 Å². The second-order valence-electron chi connectivity index (χ2n) is 5.05. The summed E-state index contributed by atoms with van der Waals surface area (Å²) in [7, 11) is 0. The highest BCUT2D eigenvalue weighted by atomic mass is 32.2. The standard InChI is InChI=1S/C13H19N5O2S/c1-8(2)7-15-12(19)9(3)21-13-17-16-11(18(13)14)10-5-4-6-20-10/h4-6,8-9H,7,14H2,1-3H3,(H,15,19). The molecule has 0 saturated heterocycles. The molecular weight excluding hydrogens is 290 g/mol. The van der Waals surface area contributed by atoms with Crippen molar-refractivity contribution in [2.45, 2.75) is 31.2 Å². The molecule has 114 valence electrons. The van der Waals surface area contributed by atoms with Crippen LogP contribution in [-0.2, 0) is 4.79 Å². The van der Waals surface area contributed by atoms with Gasteiger partial charge in [0, 0.05) is 6.54 Å². The number of nitrogens with zero attached hydrogens (tertiary/aromatic N) is 3. The van der Waals surface area contributed by atoms with Crippen molar-refractivity contribution in [2.75, 3.05) is 12.4 Å². The minimum absolute atomic E-state index is 0.0451. The van der Waals surface area contributed by atoms with Gasteiger partial charge in [-0.25, -0.2) is 4.68 Å². The van der Waals surface area contributed by atoms with Gasteiger partial charge in [-0.3, -0.25) is 4.79 Å². The van der Waals surface area contributed by atoms with E-state index in [9.17, 15) is 4.79 Å². The van der Waals surface area contributed by atoms with Gasteiger partial charge in [-0.15, -0.1) is 10.2 Å². The topological polar surface area (TPSA) is 99.0 Å². The van der Waals surface area contributed by atoms with E-state index >= 15 is 0 Å². The van der Waals surface area contributed by atoms with Crippen molar-refractivity contribution in [3.8, 4) is 11.6 Å². The predicted molar refractivity (Wildman–Crippen MR) is 81.0 cm³/mol. The van der Waals surface area contributed by atoms with Crippen molar-refractivity contribution in [2.24, 2.45) is 5.92 Å². The Morgan fingerprint density at radius 1 is 1.48 bits per heavy atom. The molecule has 0 aromatic carbocycles. The van der Waals surface area contributed by atoms with Gasteiger partial charge in [0.2, 0.25) is 16.9 Å². The van der Waals surface area contributed by atoms with Crippen LogP contribution in [0.2, 0.25) is 0 Å². The number of nitrogens with two attached hydrogens (primary N) is 1. The normalized spacial score (nSPS) is 12.6. The highest BCUT2D eigenvalue weighted by Gasteiger charge is 2.20. The monoisotopic (exact) mass is 309 g/mol. The Bertz CT molecular complexity index is 594. The SMILES string of the molecule is CC(C)CNC(=O)C(C)Sc1nnc(-c2ccco2)n1N. The lowest BCUT2D eigenvalue weighted by Crippen LogP contribution is -2.33. The maximum atomic E-state index is 11.9. The van der Waals surface area contributed by atoms with Crippen molar-refractivity contribution >= 4 is 17.7 Å². The fraction of sp³-hybridized carbons (Fsp3) is 0.462. The zero-order chi connectivity index (χ0) is 15.4. The van der Waals surface area contributed by atoms with Crippen LogP contribution in [0.5, 0.6) is 0 Å². The Morgan fingerprint density at radius 2 is 2.24 bits per heavy atom. The van der Waals surface area contributed by atoms with E-state index in [0.29, 0.717) is 29.2 Å². The molecule has 1 atom stereocenters. The lowest BCUT2D eigenvalue weighted by atomic mass is 10.2. The van der Waals surface area contributed by atoms with E-state index in [1.165, 1.54) is 16.4 Å². The quantitative estimate of drug-likeness (QED) is 0.620. The average molecular weight is 309 g/mol. The number of rotatable bonds is 6. The molecule has 0 aliphatic rings. The number of carbonyl (C=O) groups is 1. The molecule has 7 nitrogen and oxygen atoms in total. The van der Waals surface area contributed by atoms with E-state index in [0.717, 1.165) is 0 Å². The zero-order valence-corrected chi connectivity index (χ0v) is 13.1. The minimum atomic E-state index is -0.306. The highest BCUT2D eigenvalue weighted by Crippen LogP contribution is 2.24. The summed E-state index contributed by atoms with van der Waals surface area (Å²) in [6.07, 6.45) is 1.54. The molecule has 2 aromatic rings. The first kappa shape index (κ1) is 15.4. The van der Waals surface area contributed by atoms with Gasteiger partial charge in [-0.05, 0) is 25.0 Å². The molecule has 2 heterocycles. The summed E-state index contributed by atoms with van der Waals surface area (Å²) in [5, 5.41) is 11.0. The summed E-state index contributed by atoms with van der Waals surface area (Å²) in [5.41, 5.74) is 0. The number of hydrogen-bond acceptors (Lipinski definition) is 6. The van der Waals surface area contributed by atoms with E-state index < -0.39 is 0 Å². The van der Waals surface area contributed by atoms with Crippen molar-refractivity contribution in [3.63, 3.8) is 0 Å². The van der Waals surface area contributed by atoms with Crippen LogP contribution in [0.1, 0.15) is 20.8 Å². The summed E-state index contributed by atoms with van der Waals surface area (Å²) in [6, 6.07) is 3.50. The van der Waals surface area contributed by atoms with Crippen LogP contribution in [0.15, 0.2) is 28.0 Å². The molecule has 0 bridgehead atoms. The molecule has 0 fully saturated rings. The van der Waals surface area contributed by atoms with Gasteiger partial charge >= 0.3 is 0 Å². The number of hydrogen-bond donors (Lipinski definition) is 2.